The van der Waals surface area contributed by atoms with Crippen molar-refractivity contribution in [3.05, 3.63) is 29.8 Å². The molecular weight excluding hydrogens is 342 g/mol. The zero-order chi connectivity index (χ0) is 18.4. The molecule has 2 amide bonds. The van der Waals surface area contributed by atoms with Crippen molar-refractivity contribution in [3.8, 4) is 0 Å². The molecule has 0 unspecified atom stereocenters. The lowest BCUT2D eigenvalue weighted by Gasteiger charge is -2.22. The van der Waals surface area contributed by atoms with Crippen molar-refractivity contribution < 1.29 is 18.0 Å². The van der Waals surface area contributed by atoms with Crippen LogP contribution in [0.25, 0.3) is 0 Å². The Kier molecular flexibility index (Phi) is 6.55. The van der Waals surface area contributed by atoms with Crippen LogP contribution in [0.2, 0.25) is 0 Å². The number of piperidine rings is 1. The summed E-state index contributed by atoms with van der Waals surface area (Å²) < 4.78 is 27.4. The van der Waals surface area contributed by atoms with Crippen molar-refractivity contribution in [2.24, 2.45) is 5.92 Å². The van der Waals surface area contributed by atoms with Gasteiger partial charge in [-0.1, -0.05) is 19.9 Å². The summed E-state index contributed by atoms with van der Waals surface area (Å²) >= 11 is 0. The van der Waals surface area contributed by atoms with Crippen LogP contribution in [0.3, 0.4) is 0 Å². The third-order valence-corrected chi connectivity index (χ3v) is 5.47. The lowest BCUT2D eigenvalue weighted by molar-refractivity contribution is -0.124. The summed E-state index contributed by atoms with van der Waals surface area (Å²) in [6, 6.07) is 5.05. The van der Waals surface area contributed by atoms with E-state index < -0.39 is 16.1 Å². The van der Waals surface area contributed by atoms with E-state index in [1.54, 1.807) is 6.07 Å². The largest absolute Gasteiger partial charge is 0.355 e. The highest BCUT2D eigenvalue weighted by molar-refractivity contribution is 7.89. The molecule has 7 nitrogen and oxygen atoms in total. The van der Waals surface area contributed by atoms with E-state index in [0.29, 0.717) is 25.4 Å². The highest BCUT2D eigenvalue weighted by Crippen LogP contribution is 2.14. The van der Waals surface area contributed by atoms with E-state index in [4.69, 9.17) is 0 Å². The summed E-state index contributed by atoms with van der Waals surface area (Å²) in [7, 11) is -3.87. The Morgan fingerprint density at radius 2 is 2.12 bits per heavy atom. The number of sulfonamides is 1. The molecule has 2 rings (SSSR count). The number of nitrogens with one attached hydrogen (secondary N) is 3. The second-order valence-corrected chi connectivity index (χ2v) is 8.29. The summed E-state index contributed by atoms with van der Waals surface area (Å²) in [4.78, 5) is 23.9. The molecule has 0 spiro atoms. The van der Waals surface area contributed by atoms with Crippen LogP contribution in [0.5, 0.6) is 0 Å². The summed E-state index contributed by atoms with van der Waals surface area (Å²) in [5.41, 5.74) is 0.278. The lowest BCUT2D eigenvalue weighted by atomic mass is 10.1. The van der Waals surface area contributed by atoms with E-state index in [-0.39, 0.29) is 22.3 Å². The van der Waals surface area contributed by atoms with Crippen LogP contribution in [0.4, 0.5) is 0 Å². The molecular formula is C17H25N3O4S. The van der Waals surface area contributed by atoms with E-state index in [0.717, 1.165) is 12.8 Å². The summed E-state index contributed by atoms with van der Waals surface area (Å²) in [5.74, 6) is -0.164. The summed E-state index contributed by atoms with van der Waals surface area (Å²) in [6.07, 6.45) is 2.03. The first kappa shape index (κ1) is 19.4. The van der Waals surface area contributed by atoms with E-state index in [9.17, 15) is 18.0 Å². The molecule has 0 radical (unpaired) electrons. The SMILES string of the molecule is CC(C)CCNC(=O)c1cccc(S(=O)(=O)N[C@@H]2CCCNC2=O)c1. The Morgan fingerprint density at radius 1 is 1.36 bits per heavy atom. The average molecular weight is 367 g/mol. The second kappa shape index (κ2) is 8.44. The third kappa shape index (κ3) is 5.54. The van der Waals surface area contributed by atoms with Gasteiger partial charge < -0.3 is 10.6 Å². The predicted octanol–water partition coefficient (Wildman–Crippen LogP) is 1.02. The molecule has 1 fully saturated rings. The van der Waals surface area contributed by atoms with Crippen LogP contribution < -0.4 is 15.4 Å². The van der Waals surface area contributed by atoms with Gasteiger partial charge in [0.25, 0.3) is 5.91 Å². The topological polar surface area (TPSA) is 104 Å². The Bertz CT molecular complexity index is 731. The highest BCUT2D eigenvalue weighted by Gasteiger charge is 2.28. The van der Waals surface area contributed by atoms with Crippen LogP contribution in [0.15, 0.2) is 29.2 Å². The van der Waals surface area contributed by atoms with Gasteiger partial charge in [-0.15, -0.1) is 0 Å². The van der Waals surface area contributed by atoms with Gasteiger partial charge >= 0.3 is 0 Å². The van der Waals surface area contributed by atoms with Gasteiger partial charge in [0.15, 0.2) is 0 Å². The lowest BCUT2D eigenvalue weighted by Crippen LogP contribution is -2.50. The number of carbonyl (C=O) groups is 2. The fourth-order valence-electron chi connectivity index (χ4n) is 2.52. The van der Waals surface area contributed by atoms with Crippen LogP contribution in [-0.4, -0.2) is 39.4 Å². The van der Waals surface area contributed by atoms with Crippen molar-refractivity contribution in [3.63, 3.8) is 0 Å². The van der Waals surface area contributed by atoms with Gasteiger partial charge in [0, 0.05) is 18.7 Å². The molecule has 0 aliphatic carbocycles. The third-order valence-electron chi connectivity index (χ3n) is 4.00. The molecule has 1 heterocycles. The Morgan fingerprint density at radius 3 is 2.80 bits per heavy atom. The van der Waals surface area contributed by atoms with E-state index in [2.05, 4.69) is 29.2 Å². The zero-order valence-corrected chi connectivity index (χ0v) is 15.4. The maximum Gasteiger partial charge on any atom is 0.251 e. The average Bonchev–Trinajstić information content (AvgIpc) is 2.56. The minimum absolute atomic E-state index is 0.0256. The summed E-state index contributed by atoms with van der Waals surface area (Å²) in [5, 5.41) is 5.42. The van der Waals surface area contributed by atoms with E-state index in [1.807, 2.05) is 0 Å². The number of hydrogen-bond acceptors (Lipinski definition) is 4. The highest BCUT2D eigenvalue weighted by atomic mass is 32.2. The number of amides is 2. The normalized spacial score (nSPS) is 18.0. The summed E-state index contributed by atoms with van der Waals surface area (Å²) in [6.45, 7) is 5.22. The zero-order valence-electron chi connectivity index (χ0n) is 14.5. The number of benzene rings is 1. The minimum atomic E-state index is -3.87. The quantitative estimate of drug-likeness (QED) is 0.669. The minimum Gasteiger partial charge on any atom is -0.355 e. The number of hydrogen-bond donors (Lipinski definition) is 3. The molecule has 0 aromatic heterocycles. The Hall–Kier alpha value is -1.93. The predicted molar refractivity (Wildman–Crippen MR) is 94.6 cm³/mol. The molecule has 1 aliphatic heterocycles. The van der Waals surface area contributed by atoms with Crippen LogP contribution in [0, 0.1) is 5.92 Å². The van der Waals surface area contributed by atoms with Crippen LogP contribution in [-0.2, 0) is 14.8 Å². The van der Waals surface area contributed by atoms with Gasteiger partial charge in [-0.3, -0.25) is 9.59 Å². The first-order chi connectivity index (χ1) is 11.8. The maximum atomic E-state index is 12.5. The first-order valence-electron chi connectivity index (χ1n) is 8.48. The van der Waals surface area contributed by atoms with Gasteiger partial charge in [0.1, 0.15) is 6.04 Å². The van der Waals surface area contributed by atoms with Gasteiger partial charge in [0.05, 0.1) is 4.90 Å². The monoisotopic (exact) mass is 367 g/mol. The van der Waals surface area contributed by atoms with Crippen molar-refractivity contribution in [1.29, 1.82) is 0 Å². The Balaban J connectivity index is 2.08. The number of rotatable bonds is 7. The molecule has 25 heavy (non-hydrogen) atoms. The van der Waals surface area contributed by atoms with Gasteiger partial charge in [-0.25, -0.2) is 8.42 Å². The molecule has 1 saturated heterocycles. The van der Waals surface area contributed by atoms with Crippen LogP contribution >= 0.6 is 0 Å². The molecule has 8 heteroatoms. The van der Waals surface area contributed by atoms with Crippen molar-refractivity contribution in [2.45, 2.75) is 44.0 Å². The van der Waals surface area contributed by atoms with Gasteiger partial charge in [-0.2, -0.15) is 4.72 Å². The van der Waals surface area contributed by atoms with Crippen molar-refractivity contribution >= 4 is 21.8 Å². The maximum absolute atomic E-state index is 12.5. The fourth-order valence-corrected chi connectivity index (χ4v) is 3.80. The smallest absolute Gasteiger partial charge is 0.251 e. The fraction of sp³-hybridized carbons (Fsp3) is 0.529. The Labute approximate surface area is 148 Å². The molecule has 138 valence electrons. The second-order valence-electron chi connectivity index (χ2n) is 6.57. The van der Waals surface area contributed by atoms with Crippen molar-refractivity contribution in [1.82, 2.24) is 15.4 Å². The molecule has 1 aromatic carbocycles. The standard InChI is InChI=1S/C17H25N3O4S/c1-12(2)8-10-19-16(21)13-5-3-6-14(11-13)25(23,24)20-15-7-4-9-18-17(15)22/h3,5-6,11-12,15,20H,4,7-10H2,1-2H3,(H,18,22)(H,19,21)/t15-/m1/s1. The molecule has 1 aliphatic rings. The molecule has 0 saturated carbocycles. The molecule has 1 atom stereocenters. The van der Waals surface area contributed by atoms with Crippen LogP contribution in [0.1, 0.15) is 43.5 Å². The van der Waals surface area contributed by atoms with Gasteiger partial charge in [0.2, 0.25) is 15.9 Å². The molecule has 0 bridgehead atoms. The van der Waals surface area contributed by atoms with E-state index in [1.165, 1.54) is 18.2 Å². The molecule has 1 aromatic rings. The van der Waals surface area contributed by atoms with E-state index >= 15 is 0 Å². The molecule has 3 N–H and O–H groups in total. The first-order valence-corrected chi connectivity index (χ1v) is 9.96. The van der Waals surface area contributed by atoms with Gasteiger partial charge in [-0.05, 0) is 43.4 Å². The van der Waals surface area contributed by atoms with Crippen molar-refractivity contribution in [2.75, 3.05) is 13.1 Å². The number of carbonyl (C=O) groups excluding carboxylic acids is 2.